The second-order valence-electron chi connectivity index (χ2n) is 10.2. The maximum Gasteiger partial charge on any atom is 0.338 e. The summed E-state index contributed by atoms with van der Waals surface area (Å²) >= 11 is 4.87. The molecule has 0 amide bonds. The SMILES string of the molecule is CCOC(=O)C1=C(C)N=c2s/c(=C\c3cc(Br)c(OCc4ccc(C#N)cc4)c(OCC)c3)c(=O)n2[C@@H]1c1ccc(OCC)cc1. The highest BCUT2D eigenvalue weighted by molar-refractivity contribution is 9.10. The lowest BCUT2D eigenvalue weighted by molar-refractivity contribution is -0.139. The van der Waals surface area contributed by atoms with E-state index >= 15 is 0 Å². The zero-order chi connectivity index (χ0) is 32.8. The second-order valence-corrected chi connectivity index (χ2v) is 12.0. The monoisotopic (exact) mass is 701 g/mol. The molecule has 0 radical (unpaired) electrons. The highest BCUT2D eigenvalue weighted by Crippen LogP contribution is 2.38. The van der Waals surface area contributed by atoms with Gasteiger partial charge in [0.15, 0.2) is 16.3 Å². The molecule has 2 heterocycles. The van der Waals surface area contributed by atoms with Crippen LogP contribution in [0.5, 0.6) is 17.2 Å². The molecule has 0 saturated heterocycles. The zero-order valence-corrected chi connectivity index (χ0v) is 28.2. The maximum absolute atomic E-state index is 14.1. The van der Waals surface area contributed by atoms with Gasteiger partial charge in [-0.2, -0.15) is 5.26 Å². The number of nitriles is 1. The summed E-state index contributed by atoms with van der Waals surface area (Å²) in [6.07, 6.45) is 1.78. The lowest BCUT2D eigenvalue weighted by Crippen LogP contribution is -2.39. The topological polar surface area (TPSA) is 112 Å². The highest BCUT2D eigenvalue weighted by Gasteiger charge is 2.33. The molecule has 0 spiro atoms. The predicted octanol–water partition coefficient (Wildman–Crippen LogP) is 5.81. The van der Waals surface area contributed by atoms with Crippen molar-refractivity contribution in [2.75, 3.05) is 19.8 Å². The van der Waals surface area contributed by atoms with E-state index in [1.807, 2.05) is 62.4 Å². The number of benzene rings is 3. The highest BCUT2D eigenvalue weighted by atomic mass is 79.9. The minimum atomic E-state index is -0.725. The minimum Gasteiger partial charge on any atom is -0.494 e. The third-order valence-electron chi connectivity index (χ3n) is 7.12. The molecule has 1 atom stereocenters. The lowest BCUT2D eigenvalue weighted by atomic mass is 9.96. The van der Waals surface area contributed by atoms with E-state index in [1.54, 1.807) is 36.6 Å². The lowest BCUT2D eigenvalue weighted by Gasteiger charge is -2.24. The summed E-state index contributed by atoms with van der Waals surface area (Å²) in [4.78, 5) is 32.4. The molecule has 1 aliphatic heterocycles. The Labute approximate surface area is 278 Å². The number of carbonyl (C=O) groups is 1. The number of nitrogens with zero attached hydrogens (tertiary/aromatic N) is 3. The van der Waals surface area contributed by atoms with Crippen LogP contribution in [-0.2, 0) is 16.1 Å². The second kappa shape index (κ2) is 14.6. The molecule has 0 saturated carbocycles. The van der Waals surface area contributed by atoms with Gasteiger partial charge in [0.25, 0.3) is 5.56 Å². The number of halogens is 1. The predicted molar refractivity (Wildman–Crippen MR) is 179 cm³/mol. The van der Waals surface area contributed by atoms with Crippen molar-refractivity contribution in [1.29, 1.82) is 5.26 Å². The molecule has 1 aromatic heterocycles. The van der Waals surface area contributed by atoms with Crippen LogP contribution in [0.2, 0.25) is 0 Å². The van der Waals surface area contributed by atoms with Gasteiger partial charge in [-0.15, -0.1) is 0 Å². The largest absolute Gasteiger partial charge is 0.494 e. The Morgan fingerprint density at radius 2 is 1.74 bits per heavy atom. The fraction of sp³-hybridized carbons (Fsp3) is 0.257. The van der Waals surface area contributed by atoms with Crippen LogP contribution in [0, 0.1) is 11.3 Å². The van der Waals surface area contributed by atoms with Crippen LogP contribution >= 0.6 is 27.3 Å². The molecule has 46 heavy (non-hydrogen) atoms. The van der Waals surface area contributed by atoms with Crippen LogP contribution in [0.4, 0.5) is 0 Å². The number of carbonyl (C=O) groups excluding carboxylic acids is 1. The fourth-order valence-electron chi connectivity index (χ4n) is 5.08. The first-order valence-corrected chi connectivity index (χ1v) is 16.4. The first-order valence-electron chi connectivity index (χ1n) is 14.8. The number of ether oxygens (including phenoxy) is 4. The van der Waals surface area contributed by atoms with Crippen molar-refractivity contribution in [2.24, 2.45) is 4.99 Å². The van der Waals surface area contributed by atoms with Gasteiger partial charge in [-0.25, -0.2) is 9.79 Å². The molecule has 1 aliphatic rings. The molecule has 9 nitrogen and oxygen atoms in total. The van der Waals surface area contributed by atoms with Crippen LogP contribution in [0.15, 0.2) is 86.2 Å². The summed E-state index contributed by atoms with van der Waals surface area (Å²) < 4.78 is 25.7. The maximum atomic E-state index is 14.1. The molecule has 236 valence electrons. The Kier molecular flexibility index (Phi) is 10.4. The van der Waals surface area contributed by atoms with Gasteiger partial charge >= 0.3 is 5.97 Å². The van der Waals surface area contributed by atoms with Crippen molar-refractivity contribution in [3.8, 4) is 23.3 Å². The number of thiazole rings is 1. The van der Waals surface area contributed by atoms with Crippen molar-refractivity contribution < 1.29 is 23.7 Å². The van der Waals surface area contributed by atoms with Crippen molar-refractivity contribution in [3.05, 3.63) is 118 Å². The fourth-order valence-corrected chi connectivity index (χ4v) is 6.70. The number of hydrogen-bond acceptors (Lipinski definition) is 9. The van der Waals surface area contributed by atoms with Gasteiger partial charge in [-0.05, 0) is 103 Å². The average molecular weight is 703 g/mol. The molecule has 0 bridgehead atoms. The van der Waals surface area contributed by atoms with E-state index in [0.717, 1.165) is 11.1 Å². The Hall–Kier alpha value is -4.66. The van der Waals surface area contributed by atoms with Gasteiger partial charge in [-0.1, -0.05) is 35.6 Å². The first-order chi connectivity index (χ1) is 22.3. The Morgan fingerprint density at radius 3 is 2.39 bits per heavy atom. The molecule has 4 aromatic rings. The van der Waals surface area contributed by atoms with Crippen molar-refractivity contribution in [3.63, 3.8) is 0 Å². The van der Waals surface area contributed by atoms with Gasteiger partial charge in [0, 0.05) is 0 Å². The molecular formula is C35H32BrN3O6S. The third-order valence-corrected chi connectivity index (χ3v) is 8.69. The molecular weight excluding hydrogens is 670 g/mol. The summed E-state index contributed by atoms with van der Waals surface area (Å²) in [6.45, 7) is 8.69. The van der Waals surface area contributed by atoms with Crippen molar-refractivity contribution in [2.45, 2.75) is 40.3 Å². The van der Waals surface area contributed by atoms with Crippen molar-refractivity contribution in [1.82, 2.24) is 4.57 Å². The molecule has 0 fully saturated rings. The van der Waals surface area contributed by atoms with Crippen LogP contribution in [-0.4, -0.2) is 30.4 Å². The summed E-state index contributed by atoms with van der Waals surface area (Å²) in [5.41, 5.74) is 3.45. The van der Waals surface area contributed by atoms with E-state index in [1.165, 1.54) is 11.3 Å². The smallest absolute Gasteiger partial charge is 0.338 e. The van der Waals surface area contributed by atoms with Crippen LogP contribution in [0.3, 0.4) is 0 Å². The Bertz CT molecular complexity index is 2010. The number of esters is 1. The van der Waals surface area contributed by atoms with Crippen molar-refractivity contribution >= 4 is 39.3 Å². The third kappa shape index (κ3) is 6.93. The average Bonchev–Trinajstić information content (AvgIpc) is 3.34. The summed E-state index contributed by atoms with van der Waals surface area (Å²) in [5.74, 6) is 1.21. The number of rotatable bonds is 11. The molecule has 0 aliphatic carbocycles. The van der Waals surface area contributed by atoms with E-state index in [4.69, 9.17) is 24.2 Å². The van der Waals surface area contributed by atoms with Crippen LogP contribution < -0.4 is 29.1 Å². The van der Waals surface area contributed by atoms with Crippen LogP contribution in [0.1, 0.15) is 56.0 Å². The van der Waals surface area contributed by atoms with Gasteiger partial charge in [-0.3, -0.25) is 9.36 Å². The van der Waals surface area contributed by atoms with Gasteiger partial charge < -0.3 is 18.9 Å². The molecule has 0 N–H and O–H groups in total. The van der Waals surface area contributed by atoms with Gasteiger partial charge in [0.2, 0.25) is 0 Å². The van der Waals surface area contributed by atoms with E-state index in [-0.39, 0.29) is 18.8 Å². The van der Waals surface area contributed by atoms with E-state index in [0.29, 0.717) is 66.7 Å². The summed E-state index contributed by atoms with van der Waals surface area (Å²) in [7, 11) is 0. The van der Waals surface area contributed by atoms with E-state index in [2.05, 4.69) is 27.0 Å². The molecule has 3 aromatic carbocycles. The normalized spacial score (nSPS) is 14.3. The van der Waals surface area contributed by atoms with E-state index < -0.39 is 12.0 Å². The number of aromatic nitrogens is 1. The minimum absolute atomic E-state index is 0.195. The standard InChI is InChI=1S/C35H32BrN3O6S/c1-5-42-26-14-12-25(13-15-26)31-30(34(41)44-7-3)21(4)38-35-39(31)33(40)29(46-35)18-24-16-27(36)32(28(17-24)43-6-2)45-20-23-10-8-22(19-37)9-11-23/h8-18,31H,5-7,20H2,1-4H3/b29-18-/t31-/m1/s1. The number of hydrogen-bond donors (Lipinski definition) is 0. The first kappa shape index (κ1) is 32.7. The van der Waals surface area contributed by atoms with Crippen LogP contribution in [0.25, 0.3) is 6.08 Å². The number of fused-ring (bicyclic) bond motifs is 1. The molecule has 0 unspecified atom stereocenters. The summed E-state index contributed by atoms with van der Waals surface area (Å²) in [5, 5.41) is 9.06. The molecule has 11 heteroatoms. The van der Waals surface area contributed by atoms with Gasteiger partial charge in [0.05, 0.1) is 57.8 Å². The number of allylic oxidation sites excluding steroid dienone is 1. The zero-order valence-electron chi connectivity index (χ0n) is 25.8. The Morgan fingerprint density at radius 1 is 1.02 bits per heavy atom. The molecule has 5 rings (SSSR count). The quantitative estimate of drug-likeness (QED) is 0.182. The van der Waals surface area contributed by atoms with E-state index in [9.17, 15) is 9.59 Å². The van der Waals surface area contributed by atoms with Gasteiger partial charge in [0.1, 0.15) is 12.4 Å². The Balaban J connectivity index is 1.56. The summed E-state index contributed by atoms with van der Waals surface area (Å²) in [6, 6.07) is 19.6.